The molecule has 0 aromatic heterocycles. The number of benzene rings is 1. The number of ether oxygens (including phenoxy) is 3. The lowest BCUT2D eigenvalue weighted by atomic mass is 10.1. The molecule has 0 radical (unpaired) electrons. The Morgan fingerprint density at radius 3 is 2.91 bits per heavy atom. The molecule has 1 atom stereocenters. The standard InChI is InChI=1S/C14H17NO6S/c16-14(10-3-6-22(17,18)8-10)15-4-5-19-11-1-2-12-13(7-11)21-9-20-12/h1-2,7,10H,3-6,8-9H2,(H,15,16)/t10-/m0/s1. The van der Waals surface area contributed by atoms with E-state index < -0.39 is 15.8 Å². The number of sulfone groups is 1. The van der Waals surface area contributed by atoms with Gasteiger partial charge in [0.15, 0.2) is 21.3 Å². The first-order chi connectivity index (χ1) is 10.5. The van der Waals surface area contributed by atoms with Gasteiger partial charge in [0.25, 0.3) is 0 Å². The van der Waals surface area contributed by atoms with Gasteiger partial charge in [-0.1, -0.05) is 0 Å². The van der Waals surface area contributed by atoms with Crippen molar-refractivity contribution >= 4 is 15.7 Å². The highest BCUT2D eigenvalue weighted by molar-refractivity contribution is 7.91. The number of hydrogen-bond acceptors (Lipinski definition) is 6. The lowest BCUT2D eigenvalue weighted by molar-refractivity contribution is -0.124. The fraction of sp³-hybridized carbons (Fsp3) is 0.500. The molecule has 120 valence electrons. The molecule has 7 nitrogen and oxygen atoms in total. The lowest BCUT2D eigenvalue weighted by Gasteiger charge is -2.10. The molecule has 1 amide bonds. The van der Waals surface area contributed by atoms with Gasteiger partial charge in [0.1, 0.15) is 12.4 Å². The van der Waals surface area contributed by atoms with Gasteiger partial charge in [0.05, 0.1) is 24.0 Å². The van der Waals surface area contributed by atoms with Crippen LogP contribution in [0.15, 0.2) is 18.2 Å². The minimum Gasteiger partial charge on any atom is -0.492 e. The maximum absolute atomic E-state index is 11.8. The molecule has 3 rings (SSSR count). The van der Waals surface area contributed by atoms with E-state index in [4.69, 9.17) is 14.2 Å². The van der Waals surface area contributed by atoms with Crippen molar-refractivity contribution in [3.8, 4) is 17.2 Å². The molecular weight excluding hydrogens is 310 g/mol. The van der Waals surface area contributed by atoms with Gasteiger partial charge < -0.3 is 19.5 Å². The molecule has 1 aromatic carbocycles. The third-order valence-corrected chi connectivity index (χ3v) is 5.39. The van der Waals surface area contributed by atoms with Crippen molar-refractivity contribution in [1.82, 2.24) is 5.32 Å². The Morgan fingerprint density at radius 2 is 2.14 bits per heavy atom. The molecule has 0 unspecified atom stereocenters. The van der Waals surface area contributed by atoms with E-state index in [9.17, 15) is 13.2 Å². The van der Waals surface area contributed by atoms with Crippen LogP contribution in [0.25, 0.3) is 0 Å². The molecule has 0 spiro atoms. The van der Waals surface area contributed by atoms with Crippen molar-refractivity contribution in [2.45, 2.75) is 6.42 Å². The third-order valence-electron chi connectivity index (χ3n) is 3.62. The summed E-state index contributed by atoms with van der Waals surface area (Å²) in [7, 11) is -3.04. The molecule has 2 aliphatic rings. The molecule has 0 saturated carbocycles. The largest absolute Gasteiger partial charge is 0.492 e. The summed E-state index contributed by atoms with van der Waals surface area (Å²) in [5.41, 5.74) is 0. The fourth-order valence-corrected chi connectivity index (χ4v) is 4.20. The van der Waals surface area contributed by atoms with Gasteiger partial charge >= 0.3 is 0 Å². The van der Waals surface area contributed by atoms with Gasteiger partial charge in [-0.25, -0.2) is 8.42 Å². The van der Waals surface area contributed by atoms with Crippen LogP contribution in [0.2, 0.25) is 0 Å². The van der Waals surface area contributed by atoms with E-state index in [-0.39, 0.29) is 24.2 Å². The average Bonchev–Trinajstić information content (AvgIpc) is 3.08. The molecule has 0 bridgehead atoms. The van der Waals surface area contributed by atoms with E-state index >= 15 is 0 Å². The van der Waals surface area contributed by atoms with Crippen molar-refractivity contribution in [1.29, 1.82) is 0 Å². The Labute approximate surface area is 128 Å². The van der Waals surface area contributed by atoms with E-state index in [1.54, 1.807) is 18.2 Å². The first-order valence-corrected chi connectivity index (χ1v) is 8.86. The molecule has 0 aliphatic carbocycles. The van der Waals surface area contributed by atoms with Gasteiger partial charge in [0.2, 0.25) is 12.7 Å². The number of hydrogen-bond donors (Lipinski definition) is 1. The van der Waals surface area contributed by atoms with Crippen molar-refractivity contribution in [3.05, 3.63) is 18.2 Å². The van der Waals surface area contributed by atoms with Crippen LogP contribution in [0.4, 0.5) is 0 Å². The quantitative estimate of drug-likeness (QED) is 0.785. The zero-order valence-electron chi connectivity index (χ0n) is 11.9. The van der Waals surface area contributed by atoms with Gasteiger partial charge in [-0.3, -0.25) is 4.79 Å². The van der Waals surface area contributed by atoms with Gasteiger partial charge in [-0.2, -0.15) is 0 Å². The van der Waals surface area contributed by atoms with Gasteiger partial charge in [-0.05, 0) is 18.6 Å². The Morgan fingerprint density at radius 1 is 1.32 bits per heavy atom. The van der Waals surface area contributed by atoms with Crippen LogP contribution in [0.3, 0.4) is 0 Å². The highest BCUT2D eigenvalue weighted by atomic mass is 32.2. The van der Waals surface area contributed by atoms with Crippen LogP contribution in [0.1, 0.15) is 6.42 Å². The molecule has 1 aromatic rings. The number of amides is 1. The summed E-state index contributed by atoms with van der Waals surface area (Å²) in [6.07, 6.45) is 0.400. The first kappa shape index (κ1) is 15.0. The van der Waals surface area contributed by atoms with E-state index in [0.717, 1.165) is 0 Å². The van der Waals surface area contributed by atoms with E-state index in [1.807, 2.05) is 0 Å². The lowest BCUT2D eigenvalue weighted by Crippen LogP contribution is -2.34. The van der Waals surface area contributed by atoms with Crippen LogP contribution in [0, 0.1) is 5.92 Å². The normalized spacial score (nSPS) is 21.5. The molecule has 1 saturated heterocycles. The van der Waals surface area contributed by atoms with Gasteiger partial charge in [-0.15, -0.1) is 0 Å². The molecule has 1 fully saturated rings. The topological polar surface area (TPSA) is 90.9 Å². The summed E-state index contributed by atoms with van der Waals surface area (Å²) in [5, 5.41) is 2.70. The maximum Gasteiger partial charge on any atom is 0.231 e. The smallest absolute Gasteiger partial charge is 0.231 e. The highest BCUT2D eigenvalue weighted by Crippen LogP contribution is 2.34. The third kappa shape index (κ3) is 3.44. The van der Waals surface area contributed by atoms with Gasteiger partial charge in [0, 0.05) is 6.07 Å². The minimum absolute atomic E-state index is 0.0537. The second kappa shape index (κ2) is 6.04. The zero-order chi connectivity index (χ0) is 15.6. The second-order valence-electron chi connectivity index (χ2n) is 5.25. The van der Waals surface area contributed by atoms with Crippen LogP contribution in [-0.2, 0) is 14.6 Å². The summed E-state index contributed by atoms with van der Waals surface area (Å²) >= 11 is 0. The summed E-state index contributed by atoms with van der Waals surface area (Å²) in [5.74, 6) is 1.33. The Hall–Kier alpha value is -1.96. The van der Waals surface area contributed by atoms with Crippen molar-refractivity contribution in [3.63, 3.8) is 0 Å². The summed E-state index contributed by atoms with van der Waals surface area (Å²) < 4.78 is 38.6. The number of fused-ring (bicyclic) bond motifs is 1. The number of carbonyl (C=O) groups is 1. The van der Waals surface area contributed by atoms with Crippen molar-refractivity contribution < 1.29 is 27.4 Å². The molecule has 8 heteroatoms. The van der Waals surface area contributed by atoms with Crippen LogP contribution in [-0.4, -0.2) is 45.8 Å². The zero-order valence-corrected chi connectivity index (χ0v) is 12.7. The summed E-state index contributed by atoms with van der Waals surface area (Å²) in [6.45, 7) is 0.827. The second-order valence-corrected chi connectivity index (χ2v) is 7.48. The number of carbonyl (C=O) groups excluding carboxylic acids is 1. The Kier molecular flexibility index (Phi) is 4.10. The SMILES string of the molecule is O=C(NCCOc1ccc2c(c1)OCO2)[C@H]1CCS(=O)(=O)C1. The highest BCUT2D eigenvalue weighted by Gasteiger charge is 2.32. The first-order valence-electron chi connectivity index (χ1n) is 7.04. The molecule has 22 heavy (non-hydrogen) atoms. The molecule has 2 aliphatic heterocycles. The maximum atomic E-state index is 11.8. The molecular formula is C14H17NO6S. The molecule has 1 N–H and O–H groups in total. The molecule has 2 heterocycles. The van der Waals surface area contributed by atoms with Crippen LogP contribution in [0.5, 0.6) is 17.2 Å². The van der Waals surface area contributed by atoms with Crippen molar-refractivity contribution in [2.24, 2.45) is 5.92 Å². The van der Waals surface area contributed by atoms with E-state index in [2.05, 4.69) is 5.32 Å². The predicted molar refractivity (Wildman–Crippen MR) is 77.8 cm³/mol. The Bertz CT molecular complexity index is 672. The predicted octanol–water partition coefficient (Wildman–Crippen LogP) is 0.345. The van der Waals surface area contributed by atoms with Crippen LogP contribution < -0.4 is 19.5 Å². The van der Waals surface area contributed by atoms with E-state index in [1.165, 1.54) is 0 Å². The monoisotopic (exact) mass is 327 g/mol. The van der Waals surface area contributed by atoms with Crippen molar-refractivity contribution in [2.75, 3.05) is 31.5 Å². The average molecular weight is 327 g/mol. The summed E-state index contributed by atoms with van der Waals surface area (Å²) in [4.78, 5) is 11.8. The number of nitrogens with one attached hydrogen (secondary N) is 1. The minimum atomic E-state index is -3.04. The summed E-state index contributed by atoms with van der Waals surface area (Å²) in [6, 6.07) is 5.26. The Balaban J connectivity index is 1.41. The number of rotatable bonds is 5. The van der Waals surface area contributed by atoms with Crippen LogP contribution >= 0.6 is 0 Å². The fourth-order valence-electron chi connectivity index (χ4n) is 2.46. The van der Waals surface area contributed by atoms with E-state index in [0.29, 0.717) is 36.8 Å².